The molecular formula is C37H53NO6. The number of benzene rings is 1. The van der Waals surface area contributed by atoms with Gasteiger partial charge in [0, 0.05) is 6.61 Å². The summed E-state index contributed by atoms with van der Waals surface area (Å²) >= 11 is 0. The Labute approximate surface area is 264 Å². The van der Waals surface area contributed by atoms with Crippen LogP contribution in [-0.4, -0.2) is 41.7 Å². The van der Waals surface area contributed by atoms with E-state index in [9.17, 15) is 19.5 Å². The predicted octanol–water partition coefficient (Wildman–Crippen LogP) is 8.54. The summed E-state index contributed by atoms with van der Waals surface area (Å²) in [5, 5.41) is 12.1. The molecule has 1 aromatic carbocycles. The van der Waals surface area contributed by atoms with E-state index < -0.39 is 24.1 Å². The number of para-hydroxylation sites is 1. The summed E-state index contributed by atoms with van der Waals surface area (Å²) in [6.07, 6.45) is 29.6. The Kier molecular flexibility index (Phi) is 21.5. The quantitative estimate of drug-likeness (QED) is 0.0559. The molecule has 242 valence electrons. The van der Waals surface area contributed by atoms with Crippen LogP contribution in [-0.2, 0) is 14.3 Å². The third-order valence-electron chi connectivity index (χ3n) is 6.54. The number of amides is 1. The summed E-state index contributed by atoms with van der Waals surface area (Å²) < 4.78 is 11.2. The van der Waals surface area contributed by atoms with Gasteiger partial charge in [0.2, 0.25) is 5.91 Å². The van der Waals surface area contributed by atoms with Crippen LogP contribution in [0.15, 0.2) is 85.0 Å². The summed E-state index contributed by atoms with van der Waals surface area (Å²) in [7, 11) is 0. The summed E-state index contributed by atoms with van der Waals surface area (Å²) in [6, 6.07) is 5.02. The van der Waals surface area contributed by atoms with E-state index in [-0.39, 0.29) is 23.1 Å². The lowest BCUT2D eigenvalue weighted by Crippen LogP contribution is -2.48. The molecule has 0 aliphatic rings. The molecule has 1 rings (SSSR count). The molecule has 1 aromatic rings. The van der Waals surface area contributed by atoms with Crippen molar-refractivity contribution in [3.63, 3.8) is 0 Å². The van der Waals surface area contributed by atoms with Crippen LogP contribution < -0.4 is 10.1 Å². The molecule has 0 aliphatic heterocycles. The fourth-order valence-corrected chi connectivity index (χ4v) is 4.20. The molecule has 1 amide bonds. The minimum atomic E-state index is -1.20. The van der Waals surface area contributed by atoms with Gasteiger partial charge in [-0.3, -0.25) is 4.79 Å². The SMILES string of the molecule is CCC=CCC=CCC=CCC=CCC=CCCCCOC(CC)C(=O)N[C@@H](CC(C)C)C(=O)Oc1ccccc1C(=O)O. The standard InChI is InChI=1S/C37H53NO6/c1-5-7-8-9-10-11-12-13-14-15-16-17-18-19-20-21-22-25-28-43-33(6-2)35(39)38-32(29-30(3)4)37(42)44-34-27-24-23-26-31(34)36(40)41/h7-8,10-11,13-14,16-17,19-20,23-24,26-27,30,32-33H,5-6,9,12,15,18,21-22,25,28-29H2,1-4H3,(H,38,39)(H,40,41)/t32-,33?/m0/s1. The van der Waals surface area contributed by atoms with Gasteiger partial charge in [0.05, 0.1) is 0 Å². The first-order valence-corrected chi connectivity index (χ1v) is 16.0. The molecule has 44 heavy (non-hydrogen) atoms. The molecule has 7 heteroatoms. The molecular weight excluding hydrogens is 554 g/mol. The van der Waals surface area contributed by atoms with E-state index in [0.717, 1.165) is 51.4 Å². The van der Waals surface area contributed by atoms with Gasteiger partial charge in [-0.1, -0.05) is 101 Å². The van der Waals surface area contributed by atoms with Gasteiger partial charge in [0.25, 0.3) is 0 Å². The molecule has 0 radical (unpaired) electrons. The number of carbonyl (C=O) groups excluding carboxylic acids is 2. The molecule has 0 aromatic heterocycles. The van der Waals surface area contributed by atoms with Crippen LogP contribution in [0.3, 0.4) is 0 Å². The number of carboxylic acids is 1. The number of nitrogens with one attached hydrogen (secondary N) is 1. The highest BCUT2D eigenvalue weighted by atomic mass is 16.5. The highest BCUT2D eigenvalue weighted by Gasteiger charge is 2.28. The number of aromatic carboxylic acids is 1. The van der Waals surface area contributed by atoms with Gasteiger partial charge in [0.1, 0.15) is 23.5 Å². The largest absolute Gasteiger partial charge is 0.478 e. The third kappa shape index (κ3) is 18.1. The Morgan fingerprint density at radius 3 is 1.93 bits per heavy atom. The number of carbonyl (C=O) groups is 3. The van der Waals surface area contributed by atoms with Crippen molar-refractivity contribution in [2.45, 2.75) is 104 Å². The Bertz CT molecular complexity index is 1110. The van der Waals surface area contributed by atoms with Crippen molar-refractivity contribution < 1.29 is 29.0 Å². The fourth-order valence-electron chi connectivity index (χ4n) is 4.20. The molecule has 0 fully saturated rings. The van der Waals surface area contributed by atoms with Crippen LogP contribution in [0.5, 0.6) is 5.75 Å². The van der Waals surface area contributed by atoms with Gasteiger partial charge in [0.15, 0.2) is 0 Å². The predicted molar refractivity (Wildman–Crippen MR) is 179 cm³/mol. The summed E-state index contributed by atoms with van der Waals surface area (Å²) in [5.41, 5.74) is -0.116. The highest BCUT2D eigenvalue weighted by molar-refractivity contribution is 5.93. The van der Waals surface area contributed by atoms with Gasteiger partial charge < -0.3 is 19.9 Å². The minimum absolute atomic E-state index is 0.0520. The van der Waals surface area contributed by atoms with Crippen molar-refractivity contribution in [3.05, 3.63) is 90.6 Å². The number of rotatable bonds is 23. The van der Waals surface area contributed by atoms with Crippen molar-refractivity contribution in [1.29, 1.82) is 0 Å². The van der Waals surface area contributed by atoms with Gasteiger partial charge in [-0.05, 0) is 82.3 Å². The Morgan fingerprint density at radius 1 is 0.818 bits per heavy atom. The fraction of sp³-hybridized carbons (Fsp3) is 0.486. The highest BCUT2D eigenvalue weighted by Crippen LogP contribution is 2.19. The number of allylic oxidation sites excluding steroid dienone is 10. The molecule has 7 nitrogen and oxygen atoms in total. The van der Waals surface area contributed by atoms with Crippen LogP contribution >= 0.6 is 0 Å². The zero-order valence-corrected chi connectivity index (χ0v) is 27.1. The molecule has 1 unspecified atom stereocenters. The van der Waals surface area contributed by atoms with E-state index in [0.29, 0.717) is 19.4 Å². The first-order valence-electron chi connectivity index (χ1n) is 16.0. The first-order chi connectivity index (χ1) is 21.3. The second-order valence-electron chi connectivity index (χ2n) is 10.9. The van der Waals surface area contributed by atoms with E-state index in [1.54, 1.807) is 12.1 Å². The maximum absolute atomic E-state index is 13.0. The average Bonchev–Trinajstić information content (AvgIpc) is 2.99. The Hall–Kier alpha value is -3.71. The lowest BCUT2D eigenvalue weighted by atomic mass is 10.0. The van der Waals surface area contributed by atoms with E-state index in [2.05, 4.69) is 73.0 Å². The van der Waals surface area contributed by atoms with Gasteiger partial charge in [-0.25, -0.2) is 9.59 Å². The monoisotopic (exact) mass is 607 g/mol. The summed E-state index contributed by atoms with van der Waals surface area (Å²) in [4.78, 5) is 37.4. The summed E-state index contributed by atoms with van der Waals surface area (Å²) in [6.45, 7) is 8.32. The molecule has 0 bridgehead atoms. The third-order valence-corrected chi connectivity index (χ3v) is 6.54. The minimum Gasteiger partial charge on any atom is -0.478 e. The van der Waals surface area contributed by atoms with Crippen molar-refractivity contribution in [3.8, 4) is 5.75 Å². The van der Waals surface area contributed by atoms with E-state index in [1.807, 2.05) is 20.8 Å². The first kappa shape index (κ1) is 38.3. The number of hydrogen-bond acceptors (Lipinski definition) is 5. The van der Waals surface area contributed by atoms with Crippen molar-refractivity contribution in [1.82, 2.24) is 5.32 Å². The number of unbranched alkanes of at least 4 members (excludes halogenated alkanes) is 2. The van der Waals surface area contributed by atoms with Crippen LogP contribution in [0.1, 0.15) is 102 Å². The maximum atomic E-state index is 13.0. The lowest BCUT2D eigenvalue weighted by molar-refractivity contribution is -0.143. The zero-order chi connectivity index (χ0) is 32.4. The van der Waals surface area contributed by atoms with Crippen molar-refractivity contribution >= 4 is 17.8 Å². The summed E-state index contributed by atoms with van der Waals surface area (Å²) in [5.74, 6) is -2.23. The second kappa shape index (κ2) is 24.7. The maximum Gasteiger partial charge on any atom is 0.339 e. The van der Waals surface area contributed by atoms with Gasteiger partial charge in [-0.15, -0.1) is 0 Å². The van der Waals surface area contributed by atoms with Crippen LogP contribution in [0.25, 0.3) is 0 Å². The molecule has 0 saturated heterocycles. The molecule has 0 aliphatic carbocycles. The van der Waals surface area contributed by atoms with Crippen LogP contribution in [0, 0.1) is 5.92 Å². The Balaban J connectivity index is 2.35. The normalized spacial score (nSPS) is 13.6. The number of esters is 1. The Morgan fingerprint density at radius 2 is 1.39 bits per heavy atom. The second-order valence-corrected chi connectivity index (χ2v) is 10.9. The lowest BCUT2D eigenvalue weighted by Gasteiger charge is -2.23. The van der Waals surface area contributed by atoms with Crippen molar-refractivity contribution in [2.24, 2.45) is 5.92 Å². The van der Waals surface area contributed by atoms with E-state index in [1.165, 1.54) is 12.1 Å². The van der Waals surface area contributed by atoms with E-state index in [4.69, 9.17) is 9.47 Å². The smallest absolute Gasteiger partial charge is 0.339 e. The molecule has 0 spiro atoms. The van der Waals surface area contributed by atoms with Crippen LogP contribution in [0.4, 0.5) is 0 Å². The number of carboxylic acid groups (broad SMARTS) is 1. The van der Waals surface area contributed by atoms with Gasteiger partial charge in [-0.2, -0.15) is 0 Å². The van der Waals surface area contributed by atoms with Gasteiger partial charge >= 0.3 is 11.9 Å². The number of ether oxygens (including phenoxy) is 2. The van der Waals surface area contributed by atoms with Crippen molar-refractivity contribution in [2.75, 3.05) is 6.61 Å². The van der Waals surface area contributed by atoms with Crippen LogP contribution in [0.2, 0.25) is 0 Å². The molecule has 2 atom stereocenters. The zero-order valence-electron chi connectivity index (χ0n) is 27.1. The topological polar surface area (TPSA) is 102 Å². The molecule has 0 saturated carbocycles. The average molecular weight is 608 g/mol. The number of hydrogen-bond donors (Lipinski definition) is 2. The molecule has 0 heterocycles. The molecule has 2 N–H and O–H groups in total. The van der Waals surface area contributed by atoms with E-state index >= 15 is 0 Å².